The van der Waals surface area contributed by atoms with Crippen LogP contribution in [0.4, 0.5) is 0 Å². The first-order valence-electron chi connectivity index (χ1n) is 5.41. The number of hydrogen-bond donors (Lipinski definition) is 1. The van der Waals surface area contributed by atoms with Gasteiger partial charge in [-0.2, -0.15) is 0 Å². The average molecular weight is 237 g/mol. The molecule has 0 aromatic heterocycles. The predicted octanol–water partition coefficient (Wildman–Crippen LogP) is 3.03. The van der Waals surface area contributed by atoms with Gasteiger partial charge in [0.25, 0.3) is 0 Å². The van der Waals surface area contributed by atoms with Crippen molar-refractivity contribution in [2.24, 2.45) is 11.7 Å². The van der Waals surface area contributed by atoms with E-state index in [0.29, 0.717) is 10.9 Å². The van der Waals surface area contributed by atoms with Gasteiger partial charge >= 0.3 is 0 Å². The molecule has 0 heterocycles. The van der Waals surface area contributed by atoms with E-state index in [-0.39, 0.29) is 5.92 Å². The van der Waals surface area contributed by atoms with Crippen LogP contribution in [0.5, 0.6) is 5.75 Å². The Hall–Kier alpha value is -1.09. The zero-order valence-electron chi connectivity index (χ0n) is 10.3. The number of thiocarbonyl (C=S) groups is 1. The second-order valence-corrected chi connectivity index (χ2v) is 4.67. The molecule has 88 valence electrons. The SMILES string of the molecule is COc1ccc(C(C)C(C)C(N)=S)c(C)c1. The van der Waals surface area contributed by atoms with Gasteiger partial charge < -0.3 is 10.5 Å². The van der Waals surface area contributed by atoms with E-state index < -0.39 is 0 Å². The Kier molecular flexibility index (Phi) is 4.30. The largest absolute Gasteiger partial charge is 0.497 e. The van der Waals surface area contributed by atoms with Crippen LogP contribution in [-0.2, 0) is 0 Å². The predicted molar refractivity (Wildman–Crippen MR) is 72.1 cm³/mol. The number of ether oxygens (including phenoxy) is 1. The molecule has 0 spiro atoms. The van der Waals surface area contributed by atoms with Crippen molar-refractivity contribution in [2.45, 2.75) is 26.7 Å². The lowest BCUT2D eigenvalue weighted by Crippen LogP contribution is -2.23. The maximum atomic E-state index is 5.69. The fraction of sp³-hybridized carbons (Fsp3) is 0.462. The first-order valence-corrected chi connectivity index (χ1v) is 5.82. The molecular formula is C13H19NOS. The minimum absolute atomic E-state index is 0.210. The van der Waals surface area contributed by atoms with Gasteiger partial charge in [0.1, 0.15) is 5.75 Å². The Morgan fingerprint density at radius 2 is 2.00 bits per heavy atom. The molecule has 0 aliphatic heterocycles. The summed E-state index contributed by atoms with van der Waals surface area (Å²) in [5, 5.41) is 0. The molecule has 2 atom stereocenters. The molecule has 1 aromatic rings. The third-order valence-corrected chi connectivity index (χ3v) is 3.54. The third kappa shape index (κ3) is 2.73. The maximum absolute atomic E-state index is 5.69. The zero-order chi connectivity index (χ0) is 12.3. The lowest BCUT2D eigenvalue weighted by atomic mass is 9.86. The van der Waals surface area contributed by atoms with Crippen molar-refractivity contribution in [1.29, 1.82) is 0 Å². The van der Waals surface area contributed by atoms with E-state index in [9.17, 15) is 0 Å². The van der Waals surface area contributed by atoms with E-state index in [1.54, 1.807) is 7.11 Å². The van der Waals surface area contributed by atoms with Crippen molar-refractivity contribution >= 4 is 17.2 Å². The lowest BCUT2D eigenvalue weighted by molar-refractivity contribution is 0.414. The van der Waals surface area contributed by atoms with Crippen LogP contribution < -0.4 is 10.5 Å². The third-order valence-electron chi connectivity index (χ3n) is 3.17. The van der Waals surface area contributed by atoms with Gasteiger partial charge in [0.05, 0.1) is 12.1 Å². The number of hydrogen-bond acceptors (Lipinski definition) is 2. The van der Waals surface area contributed by atoms with E-state index in [1.807, 2.05) is 12.1 Å². The molecule has 3 heteroatoms. The number of rotatable bonds is 4. The van der Waals surface area contributed by atoms with Crippen molar-refractivity contribution < 1.29 is 4.74 Å². The minimum Gasteiger partial charge on any atom is -0.497 e. The van der Waals surface area contributed by atoms with Crippen LogP contribution in [0, 0.1) is 12.8 Å². The Morgan fingerprint density at radius 3 is 2.44 bits per heavy atom. The minimum atomic E-state index is 0.210. The van der Waals surface area contributed by atoms with Crippen LogP contribution in [-0.4, -0.2) is 12.1 Å². The summed E-state index contributed by atoms with van der Waals surface area (Å²) in [5.41, 5.74) is 8.18. The first-order chi connectivity index (χ1) is 7.47. The summed E-state index contributed by atoms with van der Waals surface area (Å²) in [6.07, 6.45) is 0. The molecule has 0 saturated heterocycles. The number of benzene rings is 1. The molecule has 0 aliphatic carbocycles. The van der Waals surface area contributed by atoms with Crippen molar-refractivity contribution in [3.05, 3.63) is 29.3 Å². The summed E-state index contributed by atoms with van der Waals surface area (Å²) in [5.74, 6) is 1.43. The van der Waals surface area contributed by atoms with Crippen LogP contribution in [0.1, 0.15) is 30.9 Å². The standard InChI is InChI=1S/C13H19NOS/c1-8-7-11(15-4)5-6-12(8)9(2)10(3)13(14)16/h5-7,9-10H,1-4H3,(H2,14,16). The van der Waals surface area contributed by atoms with Gasteiger partial charge in [0.2, 0.25) is 0 Å². The van der Waals surface area contributed by atoms with Gasteiger partial charge in [-0.1, -0.05) is 32.1 Å². The lowest BCUT2D eigenvalue weighted by Gasteiger charge is -2.21. The van der Waals surface area contributed by atoms with Crippen molar-refractivity contribution in [2.75, 3.05) is 7.11 Å². The molecule has 0 aliphatic rings. The van der Waals surface area contributed by atoms with Gasteiger partial charge in [-0.25, -0.2) is 0 Å². The van der Waals surface area contributed by atoms with E-state index in [1.165, 1.54) is 11.1 Å². The van der Waals surface area contributed by atoms with Crippen molar-refractivity contribution in [1.82, 2.24) is 0 Å². The number of nitrogens with two attached hydrogens (primary N) is 1. The smallest absolute Gasteiger partial charge is 0.119 e. The zero-order valence-corrected chi connectivity index (χ0v) is 11.1. The van der Waals surface area contributed by atoms with Gasteiger partial charge in [-0.05, 0) is 36.1 Å². The summed E-state index contributed by atoms with van der Waals surface area (Å²) in [6, 6.07) is 6.11. The summed E-state index contributed by atoms with van der Waals surface area (Å²) >= 11 is 5.04. The van der Waals surface area contributed by atoms with Crippen LogP contribution in [0.15, 0.2) is 18.2 Å². The van der Waals surface area contributed by atoms with E-state index in [4.69, 9.17) is 22.7 Å². The summed E-state index contributed by atoms with van der Waals surface area (Å²) in [7, 11) is 1.68. The van der Waals surface area contributed by atoms with E-state index >= 15 is 0 Å². The number of methoxy groups -OCH3 is 1. The van der Waals surface area contributed by atoms with Gasteiger partial charge in [-0.15, -0.1) is 0 Å². The maximum Gasteiger partial charge on any atom is 0.119 e. The highest BCUT2D eigenvalue weighted by Crippen LogP contribution is 2.29. The first kappa shape index (κ1) is 13.0. The molecule has 0 saturated carbocycles. The Bertz CT molecular complexity index is 390. The van der Waals surface area contributed by atoms with Crippen LogP contribution in [0.2, 0.25) is 0 Å². The monoisotopic (exact) mass is 237 g/mol. The van der Waals surface area contributed by atoms with E-state index in [0.717, 1.165) is 5.75 Å². The molecule has 0 amide bonds. The van der Waals surface area contributed by atoms with Crippen LogP contribution in [0.25, 0.3) is 0 Å². The highest BCUT2D eigenvalue weighted by molar-refractivity contribution is 7.80. The average Bonchev–Trinajstić information content (AvgIpc) is 2.26. The fourth-order valence-electron chi connectivity index (χ4n) is 1.80. The molecule has 1 aromatic carbocycles. The summed E-state index contributed by atoms with van der Waals surface area (Å²) in [4.78, 5) is 0.572. The van der Waals surface area contributed by atoms with Gasteiger partial charge in [-0.3, -0.25) is 0 Å². The van der Waals surface area contributed by atoms with Crippen molar-refractivity contribution in [3.63, 3.8) is 0 Å². The highest BCUT2D eigenvalue weighted by atomic mass is 32.1. The quantitative estimate of drug-likeness (QED) is 0.818. The topological polar surface area (TPSA) is 35.2 Å². The molecule has 2 unspecified atom stereocenters. The molecular weight excluding hydrogens is 218 g/mol. The number of aryl methyl sites for hydroxylation is 1. The molecule has 2 nitrogen and oxygen atoms in total. The summed E-state index contributed by atoms with van der Waals surface area (Å²) in [6.45, 7) is 6.30. The Balaban J connectivity index is 3.00. The molecule has 1 rings (SSSR count). The molecule has 0 bridgehead atoms. The molecule has 0 radical (unpaired) electrons. The second kappa shape index (κ2) is 5.30. The molecule has 16 heavy (non-hydrogen) atoms. The van der Waals surface area contributed by atoms with Gasteiger partial charge in [0.15, 0.2) is 0 Å². The molecule has 0 fully saturated rings. The highest BCUT2D eigenvalue weighted by Gasteiger charge is 2.18. The van der Waals surface area contributed by atoms with Crippen LogP contribution >= 0.6 is 12.2 Å². The Morgan fingerprint density at radius 1 is 1.38 bits per heavy atom. The Labute approximate surface area is 103 Å². The van der Waals surface area contributed by atoms with Crippen molar-refractivity contribution in [3.8, 4) is 5.75 Å². The van der Waals surface area contributed by atoms with E-state index in [2.05, 4.69) is 26.8 Å². The van der Waals surface area contributed by atoms with Gasteiger partial charge in [0, 0.05) is 5.92 Å². The normalized spacial score (nSPS) is 14.2. The molecule has 2 N–H and O–H groups in total. The summed E-state index contributed by atoms with van der Waals surface area (Å²) < 4.78 is 5.19. The fourth-order valence-corrected chi connectivity index (χ4v) is 2.01. The second-order valence-electron chi connectivity index (χ2n) is 4.20. The van der Waals surface area contributed by atoms with Crippen LogP contribution in [0.3, 0.4) is 0 Å².